The number of hydrogen-bond donors (Lipinski definition) is 2. The molecule has 9 nitrogen and oxygen atoms in total. The Morgan fingerprint density at radius 1 is 1.40 bits per heavy atom. The zero-order valence-electron chi connectivity index (χ0n) is 19.6. The number of halogens is 2. The Morgan fingerprint density at radius 3 is 2.91 bits per heavy atom. The first kappa shape index (κ1) is 23.9. The van der Waals surface area contributed by atoms with Crippen LogP contribution in [0, 0.1) is 11.7 Å². The molecule has 2 saturated heterocycles. The quantitative estimate of drug-likeness (QED) is 0.639. The second-order valence-corrected chi connectivity index (χ2v) is 9.84. The van der Waals surface area contributed by atoms with Gasteiger partial charge in [0.1, 0.15) is 11.4 Å². The molecular formula is C24H29ClFN5O4. The molecule has 4 heterocycles. The largest absolute Gasteiger partial charge is 0.436 e. The van der Waals surface area contributed by atoms with Gasteiger partial charge >= 0.3 is 6.09 Å². The lowest BCUT2D eigenvalue weighted by Crippen LogP contribution is -2.53. The molecule has 3 N–H and O–H groups in total. The number of nitrogens with one attached hydrogen (secondary N) is 1. The number of aromatic nitrogens is 2. The average Bonchev–Trinajstić information content (AvgIpc) is 3.23. The summed E-state index contributed by atoms with van der Waals surface area (Å²) in [6.07, 6.45) is 4.36. The highest BCUT2D eigenvalue weighted by Gasteiger charge is 2.49. The van der Waals surface area contributed by atoms with Crippen LogP contribution in [0.15, 0.2) is 18.3 Å². The Balaban J connectivity index is 1.43. The molecule has 0 bridgehead atoms. The maximum absolute atomic E-state index is 15.2. The lowest BCUT2D eigenvalue weighted by molar-refractivity contribution is -0.0418. The maximum Gasteiger partial charge on any atom is 0.412 e. The van der Waals surface area contributed by atoms with Crippen LogP contribution in [0.2, 0.25) is 5.02 Å². The van der Waals surface area contributed by atoms with Crippen LogP contribution in [-0.2, 0) is 15.1 Å². The summed E-state index contributed by atoms with van der Waals surface area (Å²) >= 11 is 6.05. The number of nitrogens with two attached hydrogens (primary N) is 1. The van der Waals surface area contributed by atoms with Gasteiger partial charge in [-0.2, -0.15) is 5.10 Å². The van der Waals surface area contributed by atoms with Gasteiger partial charge in [-0.25, -0.2) is 13.9 Å². The first-order valence-electron chi connectivity index (χ1n) is 12.0. The van der Waals surface area contributed by atoms with Crippen LogP contribution in [0.1, 0.15) is 61.0 Å². The summed E-state index contributed by atoms with van der Waals surface area (Å²) in [5, 5.41) is 6.94. The number of ether oxygens (including phenoxy) is 2. The molecule has 2 amide bonds. The van der Waals surface area contributed by atoms with Gasteiger partial charge in [-0.3, -0.25) is 10.1 Å². The number of fused-ring (bicyclic) bond motifs is 2. The Morgan fingerprint density at radius 2 is 2.17 bits per heavy atom. The molecule has 35 heavy (non-hydrogen) atoms. The molecule has 1 aromatic heterocycles. The Kier molecular flexibility index (Phi) is 6.35. The monoisotopic (exact) mass is 505 g/mol. The van der Waals surface area contributed by atoms with Gasteiger partial charge in [0.25, 0.3) is 5.91 Å². The van der Waals surface area contributed by atoms with Crippen molar-refractivity contribution in [2.45, 2.75) is 50.7 Å². The highest BCUT2D eigenvalue weighted by molar-refractivity contribution is 6.31. The number of nitrogens with zero attached hydrogens (tertiary/aromatic N) is 3. The van der Waals surface area contributed by atoms with Gasteiger partial charge in [0.2, 0.25) is 0 Å². The number of anilines is 2. The molecule has 188 valence electrons. The summed E-state index contributed by atoms with van der Waals surface area (Å²) in [5.41, 5.74) is 5.87. The second kappa shape index (κ2) is 9.31. The number of rotatable bonds is 4. The van der Waals surface area contributed by atoms with Crippen molar-refractivity contribution in [1.29, 1.82) is 0 Å². The van der Waals surface area contributed by atoms with Crippen LogP contribution in [-0.4, -0.2) is 53.0 Å². The fraction of sp³-hybridized carbons (Fsp3) is 0.542. The molecule has 1 spiro atoms. The molecule has 3 aliphatic heterocycles. The predicted molar refractivity (Wildman–Crippen MR) is 128 cm³/mol. The topological polar surface area (TPSA) is 112 Å². The van der Waals surface area contributed by atoms with Crippen molar-refractivity contribution >= 4 is 35.1 Å². The zero-order valence-corrected chi connectivity index (χ0v) is 20.3. The molecule has 2 fully saturated rings. The highest BCUT2D eigenvalue weighted by atomic mass is 35.5. The molecule has 0 saturated carbocycles. The fourth-order valence-corrected chi connectivity index (χ4v) is 5.88. The van der Waals surface area contributed by atoms with Crippen LogP contribution >= 0.6 is 11.6 Å². The standard InChI is InChI=1S/C24H29ClFN5O4/c1-2-18(14-6-10-34-11-7-14)31-21(27)15(12-28-31)22(32)30-9-3-8-24(13-30)19-17(29-23(33)35-24)5-4-16(25)20(19)26/h4-5,12,14,18H,2-3,6-11,13,27H2,1H3,(H,29,33)/t18?,24-/m0/s1. The van der Waals surface area contributed by atoms with Gasteiger partial charge in [-0.15, -0.1) is 0 Å². The van der Waals surface area contributed by atoms with Crippen molar-refractivity contribution in [3.05, 3.63) is 40.3 Å². The summed E-state index contributed by atoms with van der Waals surface area (Å²) in [4.78, 5) is 27.5. The van der Waals surface area contributed by atoms with Gasteiger partial charge < -0.3 is 20.1 Å². The zero-order chi connectivity index (χ0) is 24.7. The molecule has 2 aromatic rings. The molecule has 1 aromatic carbocycles. The SMILES string of the molecule is CCC(C1CCOCC1)n1ncc(C(=O)N2CCC[C@@]3(C2)OC(=O)Nc2ccc(Cl)c(F)c23)c1N. The molecule has 5 rings (SSSR count). The Bertz CT molecular complexity index is 1150. The molecule has 0 radical (unpaired) electrons. The number of amides is 2. The van der Waals surface area contributed by atoms with E-state index in [0.717, 1.165) is 19.3 Å². The average molecular weight is 506 g/mol. The number of carbonyl (C=O) groups is 2. The Labute approximate surface area is 207 Å². The second-order valence-electron chi connectivity index (χ2n) is 9.44. The smallest absolute Gasteiger partial charge is 0.412 e. The highest BCUT2D eigenvalue weighted by Crippen LogP contribution is 2.45. The molecule has 2 atom stereocenters. The van der Waals surface area contributed by atoms with E-state index in [4.69, 9.17) is 26.8 Å². The summed E-state index contributed by atoms with van der Waals surface area (Å²) < 4.78 is 28.1. The Hall–Kier alpha value is -2.85. The number of likely N-dealkylation sites (tertiary alicyclic amines) is 1. The minimum atomic E-state index is -1.33. The summed E-state index contributed by atoms with van der Waals surface area (Å²) in [6.45, 7) is 3.91. The van der Waals surface area contributed by atoms with Gasteiger partial charge in [-0.1, -0.05) is 18.5 Å². The molecule has 11 heteroatoms. The minimum Gasteiger partial charge on any atom is -0.436 e. The lowest BCUT2D eigenvalue weighted by atomic mass is 9.83. The van der Waals surface area contributed by atoms with E-state index in [0.29, 0.717) is 55.6 Å². The third kappa shape index (κ3) is 4.12. The normalized spacial score (nSPS) is 23.5. The number of benzene rings is 1. The van der Waals surface area contributed by atoms with Crippen LogP contribution in [0.3, 0.4) is 0 Å². The molecular weight excluding hydrogens is 477 g/mol. The van der Waals surface area contributed by atoms with Crippen molar-refractivity contribution in [2.24, 2.45) is 5.92 Å². The van der Waals surface area contributed by atoms with Crippen LogP contribution in [0.25, 0.3) is 0 Å². The van der Waals surface area contributed by atoms with Crippen LogP contribution < -0.4 is 11.1 Å². The first-order valence-corrected chi connectivity index (χ1v) is 12.4. The number of hydrogen-bond acceptors (Lipinski definition) is 6. The maximum atomic E-state index is 15.2. The molecule has 3 aliphatic rings. The van der Waals surface area contributed by atoms with Crippen molar-refractivity contribution in [1.82, 2.24) is 14.7 Å². The molecule has 0 aliphatic carbocycles. The number of nitrogen functional groups attached to an aromatic ring is 1. The van der Waals surface area contributed by atoms with Crippen molar-refractivity contribution in [2.75, 3.05) is 37.4 Å². The minimum absolute atomic E-state index is 0.00863. The summed E-state index contributed by atoms with van der Waals surface area (Å²) in [5.74, 6) is -0.304. The van der Waals surface area contributed by atoms with Crippen molar-refractivity contribution < 1.29 is 23.5 Å². The van der Waals surface area contributed by atoms with E-state index in [2.05, 4.69) is 17.3 Å². The number of piperidine rings is 1. The van der Waals surface area contributed by atoms with E-state index in [-0.39, 0.29) is 29.1 Å². The number of carbonyl (C=O) groups excluding carboxylic acids is 2. The van der Waals surface area contributed by atoms with Crippen molar-refractivity contribution in [3.63, 3.8) is 0 Å². The van der Waals surface area contributed by atoms with Crippen LogP contribution in [0.5, 0.6) is 0 Å². The molecule has 1 unspecified atom stereocenters. The van der Waals surface area contributed by atoms with Gasteiger partial charge in [-0.05, 0) is 50.2 Å². The predicted octanol–water partition coefficient (Wildman–Crippen LogP) is 4.33. The van der Waals surface area contributed by atoms with E-state index in [1.807, 2.05) is 0 Å². The fourth-order valence-electron chi connectivity index (χ4n) is 5.72. The van der Waals surface area contributed by atoms with Gasteiger partial charge in [0.15, 0.2) is 11.4 Å². The first-order chi connectivity index (χ1) is 16.8. The van der Waals surface area contributed by atoms with E-state index in [1.165, 1.54) is 12.3 Å². The van der Waals surface area contributed by atoms with E-state index >= 15 is 4.39 Å². The van der Waals surface area contributed by atoms with E-state index in [9.17, 15) is 9.59 Å². The van der Waals surface area contributed by atoms with E-state index in [1.54, 1.807) is 15.6 Å². The van der Waals surface area contributed by atoms with E-state index < -0.39 is 17.5 Å². The summed E-state index contributed by atoms with van der Waals surface area (Å²) in [7, 11) is 0. The summed E-state index contributed by atoms with van der Waals surface area (Å²) in [6, 6.07) is 3.01. The lowest BCUT2D eigenvalue weighted by Gasteiger charge is -2.45. The van der Waals surface area contributed by atoms with Gasteiger partial charge in [0, 0.05) is 19.8 Å². The third-order valence-corrected chi connectivity index (χ3v) is 7.72. The van der Waals surface area contributed by atoms with Crippen LogP contribution in [0.4, 0.5) is 20.7 Å². The third-order valence-electron chi connectivity index (χ3n) is 7.42. The van der Waals surface area contributed by atoms with Gasteiger partial charge in [0.05, 0.1) is 35.1 Å². The van der Waals surface area contributed by atoms with Crippen molar-refractivity contribution in [3.8, 4) is 0 Å².